The number of amides is 1. The molecular weight excluding hydrogens is 388 g/mol. The molecule has 6 nitrogen and oxygen atoms in total. The van der Waals surface area contributed by atoms with Gasteiger partial charge in [0, 0.05) is 24.0 Å². The molecule has 29 heavy (non-hydrogen) atoms. The molecule has 1 saturated heterocycles. The summed E-state index contributed by atoms with van der Waals surface area (Å²) in [6.45, 7) is 3.15. The van der Waals surface area contributed by atoms with E-state index >= 15 is 0 Å². The SMILES string of the molecule is COC(=O)C1CCCCN1Cc1ccc2c(c1)CN(C(=O)c1ccsc1)CCO2. The molecule has 3 heterocycles. The van der Waals surface area contributed by atoms with E-state index in [0.29, 0.717) is 26.2 Å². The first-order chi connectivity index (χ1) is 14.2. The number of hydrogen-bond acceptors (Lipinski definition) is 6. The van der Waals surface area contributed by atoms with Crippen LogP contribution in [0.4, 0.5) is 0 Å². The van der Waals surface area contributed by atoms with Gasteiger partial charge in [-0.2, -0.15) is 11.3 Å². The maximum atomic E-state index is 12.8. The maximum Gasteiger partial charge on any atom is 0.323 e. The molecule has 0 bridgehead atoms. The summed E-state index contributed by atoms with van der Waals surface area (Å²) in [6.07, 6.45) is 2.97. The highest BCUT2D eigenvalue weighted by Gasteiger charge is 2.29. The molecule has 1 unspecified atom stereocenters. The monoisotopic (exact) mass is 414 g/mol. The first kappa shape index (κ1) is 19.9. The van der Waals surface area contributed by atoms with Crippen molar-refractivity contribution in [2.75, 3.05) is 26.8 Å². The fourth-order valence-electron chi connectivity index (χ4n) is 4.11. The lowest BCUT2D eigenvalue weighted by Gasteiger charge is -2.33. The quantitative estimate of drug-likeness (QED) is 0.719. The predicted octanol–water partition coefficient (Wildman–Crippen LogP) is 3.31. The molecule has 0 saturated carbocycles. The molecule has 1 fully saturated rings. The number of piperidine rings is 1. The molecule has 1 aromatic heterocycles. The Morgan fingerprint density at radius 2 is 2.14 bits per heavy atom. The highest BCUT2D eigenvalue weighted by atomic mass is 32.1. The first-order valence-electron chi connectivity index (χ1n) is 10.0. The van der Waals surface area contributed by atoms with Crippen molar-refractivity contribution in [3.8, 4) is 5.75 Å². The Morgan fingerprint density at radius 1 is 1.24 bits per heavy atom. The molecule has 1 aromatic carbocycles. The zero-order chi connectivity index (χ0) is 20.2. The average Bonchev–Trinajstić information content (AvgIpc) is 3.20. The summed E-state index contributed by atoms with van der Waals surface area (Å²) in [5, 5.41) is 3.80. The number of esters is 1. The first-order valence-corrected chi connectivity index (χ1v) is 11.0. The number of benzene rings is 1. The van der Waals surface area contributed by atoms with Crippen LogP contribution in [0.2, 0.25) is 0 Å². The van der Waals surface area contributed by atoms with Crippen molar-refractivity contribution < 1.29 is 19.1 Å². The molecule has 2 aliphatic heterocycles. The third-order valence-electron chi connectivity index (χ3n) is 5.63. The van der Waals surface area contributed by atoms with Gasteiger partial charge in [0.25, 0.3) is 5.91 Å². The van der Waals surface area contributed by atoms with Crippen LogP contribution in [-0.2, 0) is 22.6 Å². The minimum absolute atomic E-state index is 0.0369. The summed E-state index contributed by atoms with van der Waals surface area (Å²) < 4.78 is 10.9. The molecule has 1 atom stereocenters. The van der Waals surface area contributed by atoms with Gasteiger partial charge in [0.05, 0.1) is 19.2 Å². The summed E-state index contributed by atoms with van der Waals surface area (Å²) in [7, 11) is 1.45. The second kappa shape index (κ2) is 8.97. The van der Waals surface area contributed by atoms with Crippen molar-refractivity contribution in [1.29, 1.82) is 0 Å². The maximum absolute atomic E-state index is 12.8. The fourth-order valence-corrected chi connectivity index (χ4v) is 4.74. The largest absolute Gasteiger partial charge is 0.491 e. The van der Waals surface area contributed by atoms with Gasteiger partial charge in [0.15, 0.2) is 0 Å². The van der Waals surface area contributed by atoms with Gasteiger partial charge in [-0.25, -0.2) is 0 Å². The number of methoxy groups -OCH3 is 1. The summed E-state index contributed by atoms with van der Waals surface area (Å²) in [5.74, 6) is 0.711. The summed E-state index contributed by atoms with van der Waals surface area (Å²) >= 11 is 1.53. The lowest BCUT2D eigenvalue weighted by Crippen LogP contribution is -2.44. The van der Waals surface area contributed by atoms with Gasteiger partial charge < -0.3 is 14.4 Å². The lowest BCUT2D eigenvalue weighted by molar-refractivity contribution is -0.148. The van der Waals surface area contributed by atoms with Crippen LogP contribution in [0.3, 0.4) is 0 Å². The van der Waals surface area contributed by atoms with E-state index in [-0.39, 0.29) is 17.9 Å². The highest BCUT2D eigenvalue weighted by Crippen LogP contribution is 2.27. The molecule has 0 radical (unpaired) electrons. The lowest BCUT2D eigenvalue weighted by atomic mass is 10.0. The third kappa shape index (κ3) is 4.46. The van der Waals surface area contributed by atoms with Crippen LogP contribution in [0.15, 0.2) is 35.0 Å². The number of carbonyl (C=O) groups excluding carboxylic acids is 2. The number of thiophene rings is 1. The molecule has 1 amide bonds. The molecular formula is C22H26N2O4S. The Morgan fingerprint density at radius 3 is 2.93 bits per heavy atom. The Kier molecular flexibility index (Phi) is 6.16. The summed E-state index contributed by atoms with van der Waals surface area (Å²) in [4.78, 5) is 29.0. The normalized spacial score (nSPS) is 19.8. The number of fused-ring (bicyclic) bond motifs is 1. The van der Waals surface area contributed by atoms with E-state index in [1.165, 1.54) is 18.4 Å². The van der Waals surface area contributed by atoms with Gasteiger partial charge in [0.2, 0.25) is 0 Å². The van der Waals surface area contributed by atoms with Crippen LogP contribution in [-0.4, -0.2) is 54.5 Å². The van der Waals surface area contributed by atoms with E-state index in [9.17, 15) is 9.59 Å². The van der Waals surface area contributed by atoms with Gasteiger partial charge in [-0.05, 0) is 48.5 Å². The molecule has 2 aliphatic rings. The third-order valence-corrected chi connectivity index (χ3v) is 6.32. The van der Waals surface area contributed by atoms with Crippen molar-refractivity contribution in [3.05, 3.63) is 51.7 Å². The van der Waals surface area contributed by atoms with Crippen LogP contribution < -0.4 is 4.74 Å². The van der Waals surface area contributed by atoms with Crippen molar-refractivity contribution in [1.82, 2.24) is 9.80 Å². The minimum Gasteiger partial charge on any atom is -0.491 e. The number of carbonyl (C=O) groups is 2. The molecule has 7 heteroatoms. The Balaban J connectivity index is 1.51. The number of likely N-dealkylation sites (tertiary alicyclic amines) is 1. The van der Waals surface area contributed by atoms with E-state index in [1.807, 2.05) is 27.8 Å². The zero-order valence-corrected chi connectivity index (χ0v) is 17.5. The van der Waals surface area contributed by atoms with E-state index in [2.05, 4.69) is 17.0 Å². The fraction of sp³-hybridized carbons (Fsp3) is 0.455. The van der Waals surface area contributed by atoms with Crippen molar-refractivity contribution in [3.63, 3.8) is 0 Å². The van der Waals surface area contributed by atoms with Crippen LogP contribution in [0.5, 0.6) is 5.75 Å². The minimum atomic E-state index is -0.180. The Bertz CT molecular complexity index is 868. The van der Waals surface area contributed by atoms with Crippen molar-refractivity contribution in [2.45, 2.75) is 38.4 Å². The van der Waals surface area contributed by atoms with Crippen LogP contribution in [0, 0.1) is 0 Å². The smallest absolute Gasteiger partial charge is 0.323 e. The van der Waals surface area contributed by atoms with Gasteiger partial charge in [-0.1, -0.05) is 12.5 Å². The zero-order valence-electron chi connectivity index (χ0n) is 16.6. The van der Waals surface area contributed by atoms with Crippen LogP contribution in [0.25, 0.3) is 0 Å². The van der Waals surface area contributed by atoms with Crippen molar-refractivity contribution in [2.24, 2.45) is 0 Å². The highest BCUT2D eigenvalue weighted by molar-refractivity contribution is 7.08. The number of hydrogen-bond donors (Lipinski definition) is 0. The molecule has 4 rings (SSSR count). The number of rotatable bonds is 4. The molecule has 0 spiro atoms. The van der Waals surface area contributed by atoms with Gasteiger partial charge in [-0.15, -0.1) is 0 Å². The molecule has 0 aliphatic carbocycles. The van der Waals surface area contributed by atoms with E-state index in [0.717, 1.165) is 48.2 Å². The molecule has 0 N–H and O–H groups in total. The Hall–Kier alpha value is -2.38. The number of nitrogens with zero attached hydrogens (tertiary/aromatic N) is 2. The predicted molar refractivity (Wildman–Crippen MR) is 111 cm³/mol. The molecule has 2 aromatic rings. The second-order valence-corrected chi connectivity index (χ2v) is 8.31. The van der Waals surface area contributed by atoms with Gasteiger partial charge in [0.1, 0.15) is 18.4 Å². The van der Waals surface area contributed by atoms with Gasteiger partial charge >= 0.3 is 5.97 Å². The number of ether oxygens (including phenoxy) is 2. The Labute approximate surface area is 175 Å². The standard InChI is InChI=1S/C22H26N2O4S/c1-27-22(26)19-4-2-3-8-23(19)13-16-5-6-20-18(12-16)14-24(9-10-28-20)21(25)17-7-11-29-15-17/h5-7,11-12,15,19H,2-4,8-10,13-14H2,1H3. The van der Waals surface area contributed by atoms with E-state index in [4.69, 9.17) is 9.47 Å². The van der Waals surface area contributed by atoms with Crippen LogP contribution in [0.1, 0.15) is 40.7 Å². The van der Waals surface area contributed by atoms with Crippen LogP contribution >= 0.6 is 11.3 Å². The van der Waals surface area contributed by atoms with Crippen molar-refractivity contribution >= 4 is 23.2 Å². The summed E-state index contributed by atoms with van der Waals surface area (Å²) in [6, 6.07) is 7.83. The van der Waals surface area contributed by atoms with E-state index in [1.54, 1.807) is 0 Å². The second-order valence-electron chi connectivity index (χ2n) is 7.53. The topological polar surface area (TPSA) is 59.1 Å². The average molecular weight is 415 g/mol. The van der Waals surface area contributed by atoms with E-state index < -0.39 is 0 Å². The van der Waals surface area contributed by atoms with Gasteiger partial charge in [-0.3, -0.25) is 14.5 Å². The summed E-state index contributed by atoms with van der Waals surface area (Å²) in [5.41, 5.74) is 2.85. The molecule has 154 valence electrons.